The lowest BCUT2D eigenvalue weighted by molar-refractivity contribution is -0.307. The number of hydrogen-bond acceptors (Lipinski definition) is 7. The zero-order valence-corrected chi connectivity index (χ0v) is 16.2. The Morgan fingerprint density at radius 2 is 1.90 bits per heavy atom. The monoisotopic (exact) mass is 421 g/mol. The van der Waals surface area contributed by atoms with Crippen LogP contribution in [-0.4, -0.2) is 48.4 Å². The number of fused-ring (bicyclic) bond motifs is 3. The number of carboxylic acid groups (broad SMARTS) is 1. The maximum atomic E-state index is 13.5. The number of pyridine rings is 1. The molecule has 2 N–H and O–H groups in total. The van der Waals surface area contributed by atoms with E-state index in [2.05, 4.69) is 15.5 Å². The number of benzene rings is 2. The Labute approximate surface area is 175 Å². The van der Waals surface area contributed by atoms with Crippen molar-refractivity contribution in [1.82, 2.24) is 20.0 Å². The van der Waals surface area contributed by atoms with Gasteiger partial charge in [-0.3, -0.25) is 0 Å². The highest BCUT2D eigenvalue weighted by molar-refractivity contribution is 6.02. The van der Waals surface area contributed by atoms with Gasteiger partial charge in [0.15, 0.2) is 5.65 Å². The normalized spacial score (nSPS) is 13.8. The second-order valence-electron chi connectivity index (χ2n) is 7.12. The average molecular weight is 421 g/mol. The molecular formula is C22H18FN4O4-. The number of para-hydroxylation sites is 1. The molecule has 0 amide bonds. The molecule has 0 saturated carbocycles. The Hall–Kier alpha value is -3.69. The lowest BCUT2D eigenvalue weighted by Crippen LogP contribution is -2.29. The molecule has 0 aliphatic rings. The Morgan fingerprint density at radius 3 is 2.65 bits per heavy atom. The zero-order valence-electron chi connectivity index (χ0n) is 16.2. The van der Waals surface area contributed by atoms with Crippen molar-refractivity contribution in [2.45, 2.75) is 25.0 Å². The Morgan fingerprint density at radius 1 is 1.16 bits per heavy atom. The smallest absolute Gasteiger partial charge is 0.187 e. The highest BCUT2D eigenvalue weighted by atomic mass is 19.1. The fourth-order valence-electron chi connectivity index (χ4n) is 3.57. The van der Waals surface area contributed by atoms with Gasteiger partial charge in [-0.25, -0.2) is 4.39 Å². The number of tetrazole rings is 1. The Kier molecular flexibility index (Phi) is 5.70. The van der Waals surface area contributed by atoms with Crippen molar-refractivity contribution in [2.24, 2.45) is 0 Å². The molecule has 0 aliphatic carbocycles. The maximum absolute atomic E-state index is 13.5. The van der Waals surface area contributed by atoms with Crippen molar-refractivity contribution >= 4 is 28.6 Å². The van der Waals surface area contributed by atoms with Gasteiger partial charge in [0.1, 0.15) is 5.82 Å². The summed E-state index contributed by atoms with van der Waals surface area (Å²) in [4.78, 5) is 10.6. The van der Waals surface area contributed by atoms with Crippen molar-refractivity contribution in [2.75, 3.05) is 0 Å². The van der Waals surface area contributed by atoms with Gasteiger partial charge >= 0.3 is 0 Å². The number of carbonyl (C=O) groups excluding carboxylic acids is 1. The quantitative estimate of drug-likeness (QED) is 0.462. The third kappa shape index (κ3) is 4.27. The zero-order chi connectivity index (χ0) is 22.0. The van der Waals surface area contributed by atoms with Gasteiger partial charge in [0.2, 0.25) is 0 Å². The summed E-state index contributed by atoms with van der Waals surface area (Å²) in [5.74, 6) is -1.76. The molecule has 0 spiro atoms. The van der Waals surface area contributed by atoms with E-state index in [9.17, 15) is 24.5 Å². The van der Waals surface area contributed by atoms with Crippen LogP contribution < -0.4 is 5.11 Å². The lowest BCUT2D eigenvalue weighted by Gasteiger charge is -2.15. The van der Waals surface area contributed by atoms with Crippen LogP contribution in [0.3, 0.4) is 0 Å². The Balaban J connectivity index is 1.85. The molecule has 8 nitrogen and oxygen atoms in total. The molecular weight excluding hydrogens is 403 g/mol. The minimum atomic E-state index is -1.40. The van der Waals surface area contributed by atoms with Gasteiger partial charge in [0.25, 0.3) is 0 Å². The number of rotatable bonds is 7. The second kappa shape index (κ2) is 8.58. The highest BCUT2D eigenvalue weighted by Crippen LogP contribution is 2.35. The van der Waals surface area contributed by atoms with Crippen LogP contribution in [0.25, 0.3) is 33.8 Å². The summed E-state index contributed by atoms with van der Waals surface area (Å²) in [7, 11) is 0. The van der Waals surface area contributed by atoms with E-state index in [0.29, 0.717) is 11.2 Å². The number of aliphatic hydroxyl groups excluding tert-OH is 2. The number of carbonyl (C=O) groups is 1. The van der Waals surface area contributed by atoms with E-state index in [-0.39, 0.29) is 12.2 Å². The molecule has 2 heterocycles. The number of carboxylic acids is 1. The first-order valence-corrected chi connectivity index (χ1v) is 9.57. The summed E-state index contributed by atoms with van der Waals surface area (Å²) in [5, 5.41) is 43.4. The molecule has 0 fully saturated rings. The van der Waals surface area contributed by atoms with Gasteiger partial charge in [-0.2, -0.15) is 4.52 Å². The van der Waals surface area contributed by atoms with Crippen LogP contribution in [0.2, 0.25) is 0 Å². The van der Waals surface area contributed by atoms with Crippen molar-refractivity contribution in [3.63, 3.8) is 0 Å². The largest absolute Gasteiger partial charge is 0.550 e. The van der Waals surface area contributed by atoms with Crippen LogP contribution >= 0.6 is 0 Å². The molecule has 31 heavy (non-hydrogen) atoms. The number of hydrogen-bond donors (Lipinski definition) is 2. The third-order valence-corrected chi connectivity index (χ3v) is 4.92. The fourth-order valence-corrected chi connectivity index (χ4v) is 3.57. The fraction of sp³-hybridized carbons (Fsp3) is 0.182. The molecule has 0 aliphatic heterocycles. The number of aliphatic carboxylic acids is 1. The van der Waals surface area contributed by atoms with Gasteiger partial charge in [-0.1, -0.05) is 42.5 Å². The minimum absolute atomic E-state index is 0.175. The SMILES string of the molecule is O=C([O-])CC(O)CC(O)/C=C/c1c(-c2ccc(F)cc2)c2ccccc2n2nnnc12. The van der Waals surface area contributed by atoms with E-state index in [4.69, 9.17) is 0 Å². The van der Waals surface area contributed by atoms with E-state index in [1.807, 2.05) is 24.3 Å². The predicted molar refractivity (Wildman–Crippen MR) is 109 cm³/mol. The molecule has 0 radical (unpaired) electrons. The van der Waals surface area contributed by atoms with E-state index in [1.165, 1.54) is 18.2 Å². The standard InChI is InChI=1S/C22H19FN4O4/c23-14-7-5-13(6-8-14)21-17-3-1-2-4-19(17)27-22(24-25-26-27)18(21)10-9-15(28)11-16(29)12-20(30)31/h1-10,15-16,28-29H,11-12H2,(H,30,31)/p-1/b10-9+. The van der Waals surface area contributed by atoms with Gasteiger partial charge in [0, 0.05) is 35.3 Å². The van der Waals surface area contributed by atoms with Crippen LogP contribution in [0, 0.1) is 5.82 Å². The Bertz CT molecular complexity index is 1270. The molecule has 4 aromatic rings. The van der Waals surface area contributed by atoms with Crippen molar-refractivity contribution in [3.8, 4) is 11.1 Å². The number of halogens is 1. The van der Waals surface area contributed by atoms with Crippen LogP contribution in [0.4, 0.5) is 4.39 Å². The first-order valence-electron chi connectivity index (χ1n) is 9.57. The van der Waals surface area contributed by atoms with Crippen molar-refractivity contribution in [1.29, 1.82) is 0 Å². The molecule has 0 saturated heterocycles. The molecule has 4 rings (SSSR count). The molecule has 2 unspecified atom stereocenters. The topological polar surface area (TPSA) is 124 Å². The van der Waals surface area contributed by atoms with Gasteiger partial charge in [-0.15, -0.1) is 5.10 Å². The molecule has 9 heteroatoms. The summed E-state index contributed by atoms with van der Waals surface area (Å²) in [6.45, 7) is 0. The van der Waals surface area contributed by atoms with E-state index < -0.39 is 24.6 Å². The third-order valence-electron chi connectivity index (χ3n) is 4.92. The van der Waals surface area contributed by atoms with Crippen molar-refractivity contribution in [3.05, 3.63) is 66.0 Å². The van der Waals surface area contributed by atoms with E-state index in [1.54, 1.807) is 22.7 Å². The van der Waals surface area contributed by atoms with E-state index >= 15 is 0 Å². The second-order valence-corrected chi connectivity index (χ2v) is 7.12. The van der Waals surface area contributed by atoms with Gasteiger partial charge in [-0.05, 0) is 34.2 Å². The summed E-state index contributed by atoms with van der Waals surface area (Å²) in [6.07, 6.45) is -0.0478. The molecule has 2 aromatic carbocycles. The first kappa shape index (κ1) is 20.6. The van der Waals surface area contributed by atoms with Crippen LogP contribution in [0.5, 0.6) is 0 Å². The number of nitrogens with zero attached hydrogens (tertiary/aromatic N) is 4. The number of aromatic nitrogens is 4. The van der Waals surface area contributed by atoms with Crippen LogP contribution in [0.15, 0.2) is 54.6 Å². The number of aliphatic hydroxyl groups is 2. The first-order chi connectivity index (χ1) is 14.9. The predicted octanol–water partition coefficient (Wildman–Crippen LogP) is 1.35. The average Bonchev–Trinajstić information content (AvgIpc) is 3.22. The minimum Gasteiger partial charge on any atom is -0.550 e. The summed E-state index contributed by atoms with van der Waals surface area (Å²) in [6, 6.07) is 13.5. The summed E-state index contributed by atoms with van der Waals surface area (Å²) in [5.41, 5.74) is 3.25. The van der Waals surface area contributed by atoms with Crippen LogP contribution in [0.1, 0.15) is 18.4 Å². The van der Waals surface area contributed by atoms with Crippen molar-refractivity contribution < 1.29 is 24.5 Å². The molecule has 158 valence electrons. The molecule has 2 atom stereocenters. The summed E-state index contributed by atoms with van der Waals surface area (Å²) < 4.78 is 15.1. The highest BCUT2D eigenvalue weighted by Gasteiger charge is 2.18. The lowest BCUT2D eigenvalue weighted by atomic mass is 9.95. The van der Waals surface area contributed by atoms with E-state index in [0.717, 1.165) is 22.0 Å². The van der Waals surface area contributed by atoms with Gasteiger partial charge in [0.05, 0.1) is 17.7 Å². The molecule has 2 aromatic heterocycles. The molecule has 0 bridgehead atoms. The van der Waals surface area contributed by atoms with Crippen LogP contribution in [-0.2, 0) is 4.79 Å². The summed E-state index contributed by atoms with van der Waals surface area (Å²) >= 11 is 0. The maximum Gasteiger partial charge on any atom is 0.187 e. The van der Waals surface area contributed by atoms with Gasteiger partial charge < -0.3 is 20.1 Å².